The van der Waals surface area contributed by atoms with Gasteiger partial charge in [0.25, 0.3) is 0 Å². The lowest BCUT2D eigenvalue weighted by molar-refractivity contribution is -0.909. The molecule has 2 nitrogen and oxygen atoms in total. The SMILES string of the molecule is CCCCCCCCC=CCCCCCCCCOC[N+](C)(C)CCC.[Cl-]. The molecular formula is C24H50ClNO. The third kappa shape index (κ3) is 23.9. The Labute approximate surface area is 178 Å². The number of nitrogens with zero attached hydrogens (tertiary/aromatic N) is 1. The van der Waals surface area contributed by atoms with Gasteiger partial charge in [-0.2, -0.15) is 0 Å². The molecule has 0 saturated heterocycles. The van der Waals surface area contributed by atoms with Crippen molar-refractivity contribution in [1.82, 2.24) is 0 Å². The lowest BCUT2D eigenvalue weighted by Crippen LogP contribution is -3.00. The highest BCUT2D eigenvalue weighted by atomic mass is 35.5. The fourth-order valence-electron chi connectivity index (χ4n) is 3.43. The first-order valence-corrected chi connectivity index (χ1v) is 11.7. The van der Waals surface area contributed by atoms with Gasteiger partial charge < -0.3 is 21.6 Å². The van der Waals surface area contributed by atoms with E-state index in [1.165, 1.54) is 103 Å². The van der Waals surface area contributed by atoms with E-state index >= 15 is 0 Å². The van der Waals surface area contributed by atoms with Crippen LogP contribution in [-0.2, 0) is 4.74 Å². The third-order valence-corrected chi connectivity index (χ3v) is 5.07. The van der Waals surface area contributed by atoms with Crippen LogP contribution in [0, 0.1) is 0 Å². The molecule has 0 N–H and O–H groups in total. The Kier molecular flexibility index (Phi) is 24.0. The fraction of sp³-hybridized carbons (Fsp3) is 0.917. The maximum Gasteiger partial charge on any atom is 0.182 e. The molecule has 0 aromatic rings. The average molecular weight is 404 g/mol. The summed E-state index contributed by atoms with van der Waals surface area (Å²) in [5.41, 5.74) is 0. The molecule has 0 heterocycles. The predicted octanol–water partition coefficient (Wildman–Crippen LogP) is 4.49. The van der Waals surface area contributed by atoms with Crippen molar-refractivity contribution in [1.29, 1.82) is 0 Å². The molecule has 0 aromatic carbocycles. The normalized spacial score (nSPS) is 11.9. The standard InChI is InChI=1S/C24H50NO.ClH/c1-5-7-8-9-10-11-12-13-14-15-16-17-18-19-20-21-23-26-24-25(3,4)22-6-2;/h13-14H,5-12,15-24H2,1-4H3;1H/q+1;/p-1. The van der Waals surface area contributed by atoms with Crippen molar-refractivity contribution in [3.63, 3.8) is 0 Å². The summed E-state index contributed by atoms with van der Waals surface area (Å²) in [5, 5.41) is 0. The molecule has 0 bridgehead atoms. The zero-order valence-electron chi connectivity index (χ0n) is 19.1. The van der Waals surface area contributed by atoms with Crippen molar-refractivity contribution < 1.29 is 21.6 Å². The van der Waals surface area contributed by atoms with Gasteiger partial charge in [0.05, 0.1) is 27.2 Å². The van der Waals surface area contributed by atoms with Crippen molar-refractivity contribution in [2.24, 2.45) is 0 Å². The van der Waals surface area contributed by atoms with Gasteiger partial charge in [0.1, 0.15) is 0 Å². The summed E-state index contributed by atoms with van der Waals surface area (Å²) in [6.45, 7) is 7.52. The summed E-state index contributed by atoms with van der Waals surface area (Å²) in [6, 6.07) is 0. The molecule has 27 heavy (non-hydrogen) atoms. The highest BCUT2D eigenvalue weighted by Crippen LogP contribution is 2.10. The lowest BCUT2D eigenvalue weighted by Gasteiger charge is -2.28. The van der Waals surface area contributed by atoms with E-state index in [0.717, 1.165) is 17.8 Å². The molecule has 0 unspecified atom stereocenters. The van der Waals surface area contributed by atoms with E-state index in [1.807, 2.05) is 0 Å². The second kappa shape index (κ2) is 22.2. The number of ether oxygens (including phenoxy) is 1. The molecule has 0 aliphatic heterocycles. The Hall–Kier alpha value is -0.0500. The molecule has 0 aliphatic rings. The highest BCUT2D eigenvalue weighted by Gasteiger charge is 2.12. The maximum atomic E-state index is 5.83. The molecule has 164 valence electrons. The van der Waals surface area contributed by atoms with Crippen LogP contribution in [0.1, 0.15) is 110 Å². The van der Waals surface area contributed by atoms with Gasteiger partial charge in [0.2, 0.25) is 0 Å². The zero-order valence-corrected chi connectivity index (χ0v) is 19.9. The maximum absolute atomic E-state index is 5.83. The van der Waals surface area contributed by atoms with E-state index < -0.39 is 0 Å². The van der Waals surface area contributed by atoms with Gasteiger partial charge in [-0.15, -0.1) is 0 Å². The van der Waals surface area contributed by atoms with Gasteiger partial charge >= 0.3 is 0 Å². The van der Waals surface area contributed by atoms with Gasteiger partial charge in [-0.25, -0.2) is 0 Å². The summed E-state index contributed by atoms with van der Waals surface area (Å²) >= 11 is 0. The van der Waals surface area contributed by atoms with Crippen LogP contribution < -0.4 is 12.4 Å². The number of hydrogen-bond acceptors (Lipinski definition) is 1. The number of allylic oxidation sites excluding steroid dienone is 2. The van der Waals surface area contributed by atoms with Crippen molar-refractivity contribution in [2.45, 2.75) is 110 Å². The van der Waals surface area contributed by atoms with Crippen molar-refractivity contribution in [3.05, 3.63) is 12.2 Å². The minimum atomic E-state index is 0. The first-order valence-electron chi connectivity index (χ1n) is 11.7. The summed E-state index contributed by atoms with van der Waals surface area (Å²) < 4.78 is 6.82. The molecule has 0 amide bonds. The fourth-order valence-corrected chi connectivity index (χ4v) is 3.43. The number of unbranched alkanes of at least 4 members (excludes halogenated alkanes) is 12. The van der Waals surface area contributed by atoms with Crippen molar-refractivity contribution in [2.75, 3.05) is 34.0 Å². The molecule has 0 fully saturated rings. The molecule has 0 spiro atoms. The Bertz CT molecular complexity index is 305. The van der Waals surface area contributed by atoms with E-state index in [4.69, 9.17) is 4.74 Å². The second-order valence-electron chi connectivity index (χ2n) is 8.63. The van der Waals surface area contributed by atoms with Crippen molar-refractivity contribution in [3.8, 4) is 0 Å². The monoisotopic (exact) mass is 403 g/mol. The minimum absolute atomic E-state index is 0. The van der Waals surface area contributed by atoms with Crippen LogP contribution in [0.25, 0.3) is 0 Å². The third-order valence-electron chi connectivity index (χ3n) is 5.07. The first kappa shape index (κ1) is 29.2. The predicted molar refractivity (Wildman–Crippen MR) is 118 cm³/mol. The van der Waals surface area contributed by atoms with Crippen LogP contribution in [0.15, 0.2) is 12.2 Å². The van der Waals surface area contributed by atoms with E-state index in [0.29, 0.717) is 0 Å². The van der Waals surface area contributed by atoms with Crippen LogP contribution >= 0.6 is 0 Å². The van der Waals surface area contributed by atoms with E-state index in [1.54, 1.807) is 0 Å². The number of halogens is 1. The summed E-state index contributed by atoms with van der Waals surface area (Å²) in [6.07, 6.45) is 25.1. The average Bonchev–Trinajstić information content (AvgIpc) is 2.60. The molecule has 0 aromatic heterocycles. The Balaban J connectivity index is 0. The topological polar surface area (TPSA) is 9.23 Å². The smallest absolute Gasteiger partial charge is 0.182 e. The number of rotatable bonds is 20. The Morgan fingerprint density at radius 3 is 1.63 bits per heavy atom. The van der Waals surface area contributed by atoms with E-state index in [9.17, 15) is 0 Å². The second-order valence-corrected chi connectivity index (χ2v) is 8.63. The summed E-state index contributed by atoms with van der Waals surface area (Å²) in [4.78, 5) is 0. The largest absolute Gasteiger partial charge is 1.00 e. The molecular weight excluding hydrogens is 354 g/mol. The van der Waals surface area contributed by atoms with Gasteiger partial charge in [-0.3, -0.25) is 0 Å². The number of hydrogen-bond donors (Lipinski definition) is 0. The molecule has 0 radical (unpaired) electrons. The van der Waals surface area contributed by atoms with Crippen LogP contribution in [0.2, 0.25) is 0 Å². The van der Waals surface area contributed by atoms with Gasteiger partial charge in [0, 0.05) is 0 Å². The highest BCUT2D eigenvalue weighted by molar-refractivity contribution is 4.81. The minimum Gasteiger partial charge on any atom is -1.00 e. The lowest BCUT2D eigenvalue weighted by atomic mass is 10.1. The van der Waals surface area contributed by atoms with Crippen LogP contribution in [-0.4, -0.2) is 38.5 Å². The van der Waals surface area contributed by atoms with Crippen LogP contribution in [0.5, 0.6) is 0 Å². The van der Waals surface area contributed by atoms with Crippen LogP contribution in [0.4, 0.5) is 0 Å². The van der Waals surface area contributed by atoms with Gasteiger partial charge in [-0.05, 0) is 38.5 Å². The summed E-state index contributed by atoms with van der Waals surface area (Å²) in [5.74, 6) is 0. The Morgan fingerprint density at radius 1 is 0.630 bits per heavy atom. The number of quaternary nitrogens is 1. The van der Waals surface area contributed by atoms with Crippen molar-refractivity contribution >= 4 is 0 Å². The summed E-state index contributed by atoms with van der Waals surface area (Å²) in [7, 11) is 4.51. The van der Waals surface area contributed by atoms with E-state index in [-0.39, 0.29) is 12.4 Å². The molecule has 0 rings (SSSR count). The molecule has 0 saturated carbocycles. The van der Waals surface area contributed by atoms with Gasteiger partial charge in [0.15, 0.2) is 6.73 Å². The molecule has 0 aliphatic carbocycles. The quantitative estimate of drug-likeness (QED) is 0.126. The molecule has 3 heteroatoms. The van der Waals surface area contributed by atoms with Gasteiger partial charge in [-0.1, -0.05) is 83.8 Å². The first-order chi connectivity index (χ1) is 12.6. The van der Waals surface area contributed by atoms with Crippen LogP contribution in [0.3, 0.4) is 0 Å². The zero-order chi connectivity index (χ0) is 19.3. The Morgan fingerprint density at radius 2 is 1.11 bits per heavy atom. The van der Waals surface area contributed by atoms with E-state index in [2.05, 4.69) is 40.1 Å². The molecule has 0 atom stereocenters.